The third-order valence-corrected chi connectivity index (χ3v) is 2.26. The summed E-state index contributed by atoms with van der Waals surface area (Å²) in [6.07, 6.45) is 1.93. The summed E-state index contributed by atoms with van der Waals surface area (Å²) >= 11 is 0. The summed E-state index contributed by atoms with van der Waals surface area (Å²) < 4.78 is 0. The number of nitrogens with one attached hydrogen (secondary N) is 2. The molecule has 0 aliphatic rings. The Morgan fingerprint density at radius 1 is 1.26 bits per heavy atom. The maximum absolute atomic E-state index is 11.4. The highest BCUT2D eigenvalue weighted by Crippen LogP contribution is 2.10. The molecule has 0 unspecified atom stereocenters. The van der Waals surface area contributed by atoms with Gasteiger partial charge in [-0.3, -0.25) is 9.59 Å². The highest BCUT2D eigenvalue weighted by molar-refractivity contribution is 5.91. The number of carboxylic acids is 1. The van der Waals surface area contributed by atoms with Crippen LogP contribution in [0.5, 0.6) is 0 Å². The molecule has 4 N–H and O–H groups in total. The Balaban J connectivity index is 2.39. The third kappa shape index (κ3) is 6.37. The quantitative estimate of drug-likeness (QED) is 0.515. The lowest BCUT2D eigenvalue weighted by Gasteiger charge is -2.06. The third-order valence-electron chi connectivity index (χ3n) is 2.26. The second kappa shape index (κ2) is 8.04. The van der Waals surface area contributed by atoms with Gasteiger partial charge >= 0.3 is 5.97 Å². The van der Waals surface area contributed by atoms with E-state index in [2.05, 4.69) is 15.6 Å². The molecule has 0 saturated carbocycles. The van der Waals surface area contributed by atoms with Crippen molar-refractivity contribution in [2.45, 2.75) is 19.3 Å². The van der Waals surface area contributed by atoms with Crippen LogP contribution in [0.1, 0.15) is 19.3 Å². The van der Waals surface area contributed by atoms with Gasteiger partial charge in [-0.15, -0.1) is 0 Å². The molecule has 0 bridgehead atoms. The lowest BCUT2D eigenvalue weighted by Crippen LogP contribution is -2.14. The Kier molecular flexibility index (Phi) is 6.31. The van der Waals surface area contributed by atoms with Gasteiger partial charge in [0.15, 0.2) is 0 Å². The molecule has 0 fully saturated rings. The van der Waals surface area contributed by atoms with Gasteiger partial charge in [0.25, 0.3) is 0 Å². The lowest BCUT2D eigenvalue weighted by molar-refractivity contribution is -0.138. The molecule has 0 atom stereocenters. The van der Waals surface area contributed by atoms with Crippen LogP contribution in [0.4, 0.5) is 11.5 Å². The van der Waals surface area contributed by atoms with Crippen molar-refractivity contribution >= 4 is 23.4 Å². The molecule has 104 valence electrons. The molecule has 0 aliphatic carbocycles. The molecule has 1 amide bonds. The molecular formula is C12H17N3O4. The average Bonchev–Trinajstić information content (AvgIpc) is 2.39. The summed E-state index contributed by atoms with van der Waals surface area (Å²) in [4.78, 5) is 25.7. The molecular weight excluding hydrogens is 250 g/mol. The van der Waals surface area contributed by atoms with Crippen molar-refractivity contribution in [1.29, 1.82) is 0 Å². The first-order chi connectivity index (χ1) is 9.11. The lowest BCUT2D eigenvalue weighted by atomic mass is 10.3. The Morgan fingerprint density at radius 2 is 2.05 bits per heavy atom. The molecule has 1 rings (SSSR count). The van der Waals surface area contributed by atoms with Crippen molar-refractivity contribution < 1.29 is 19.8 Å². The zero-order valence-electron chi connectivity index (χ0n) is 10.4. The van der Waals surface area contributed by atoms with Gasteiger partial charge < -0.3 is 20.8 Å². The van der Waals surface area contributed by atoms with Crippen LogP contribution in [0.15, 0.2) is 18.3 Å². The molecule has 1 aromatic heterocycles. The van der Waals surface area contributed by atoms with Crippen LogP contribution in [0.3, 0.4) is 0 Å². The molecule has 0 aliphatic heterocycles. The number of anilines is 2. The van der Waals surface area contributed by atoms with E-state index in [9.17, 15) is 9.59 Å². The van der Waals surface area contributed by atoms with Gasteiger partial charge in [0, 0.05) is 19.6 Å². The van der Waals surface area contributed by atoms with E-state index in [1.807, 2.05) is 0 Å². The standard InChI is InChI=1S/C12H17N3O4/c16-7-1-6-13-9-2-3-10(14-8-9)15-11(17)4-5-12(18)19/h2-3,8,13,16H,1,4-7H2,(H,18,19)(H,14,15,17). The number of pyridine rings is 1. The minimum absolute atomic E-state index is 0.0759. The van der Waals surface area contributed by atoms with E-state index in [4.69, 9.17) is 10.2 Å². The predicted octanol–water partition coefficient (Wildman–Crippen LogP) is 0.679. The zero-order valence-corrected chi connectivity index (χ0v) is 10.4. The molecule has 0 saturated heterocycles. The first kappa shape index (κ1) is 14.9. The Bertz CT molecular complexity index is 419. The van der Waals surface area contributed by atoms with Crippen molar-refractivity contribution in [2.24, 2.45) is 0 Å². The number of rotatable bonds is 8. The number of carbonyl (C=O) groups is 2. The van der Waals surface area contributed by atoms with Crippen molar-refractivity contribution in [3.05, 3.63) is 18.3 Å². The Labute approximate surface area is 110 Å². The molecule has 1 aromatic rings. The minimum atomic E-state index is -1.01. The fourth-order valence-electron chi connectivity index (χ4n) is 1.31. The number of carbonyl (C=O) groups excluding carboxylic acids is 1. The topological polar surface area (TPSA) is 112 Å². The van der Waals surface area contributed by atoms with Gasteiger partial charge in [-0.2, -0.15) is 0 Å². The number of hydrogen-bond acceptors (Lipinski definition) is 5. The summed E-state index contributed by atoms with van der Waals surface area (Å²) in [5, 5.41) is 22.6. The first-order valence-electron chi connectivity index (χ1n) is 5.94. The smallest absolute Gasteiger partial charge is 0.303 e. The largest absolute Gasteiger partial charge is 0.481 e. The SMILES string of the molecule is O=C(O)CCC(=O)Nc1ccc(NCCCO)cn1. The van der Waals surface area contributed by atoms with E-state index in [0.717, 1.165) is 5.69 Å². The molecule has 0 spiro atoms. The van der Waals surface area contributed by atoms with Gasteiger partial charge in [-0.05, 0) is 18.6 Å². The normalized spacial score (nSPS) is 9.95. The second-order valence-electron chi connectivity index (χ2n) is 3.88. The summed E-state index contributed by atoms with van der Waals surface area (Å²) in [6, 6.07) is 3.37. The predicted molar refractivity (Wildman–Crippen MR) is 69.9 cm³/mol. The molecule has 19 heavy (non-hydrogen) atoms. The zero-order chi connectivity index (χ0) is 14.1. The number of aliphatic hydroxyl groups excluding tert-OH is 1. The van der Waals surface area contributed by atoms with Crippen LogP contribution in [0.2, 0.25) is 0 Å². The number of aromatic nitrogens is 1. The first-order valence-corrected chi connectivity index (χ1v) is 5.94. The van der Waals surface area contributed by atoms with Gasteiger partial charge in [-0.1, -0.05) is 0 Å². The van der Waals surface area contributed by atoms with Crippen molar-refractivity contribution in [2.75, 3.05) is 23.8 Å². The van der Waals surface area contributed by atoms with Crippen LogP contribution in [-0.2, 0) is 9.59 Å². The van der Waals surface area contributed by atoms with Crippen molar-refractivity contribution in [1.82, 2.24) is 4.98 Å². The van der Waals surface area contributed by atoms with Gasteiger partial charge in [0.1, 0.15) is 5.82 Å². The highest BCUT2D eigenvalue weighted by atomic mass is 16.4. The van der Waals surface area contributed by atoms with Crippen molar-refractivity contribution in [3.63, 3.8) is 0 Å². The van der Waals surface area contributed by atoms with Crippen LogP contribution in [0.25, 0.3) is 0 Å². The van der Waals surface area contributed by atoms with Crippen LogP contribution in [-0.4, -0.2) is 40.2 Å². The van der Waals surface area contributed by atoms with Gasteiger partial charge in [-0.25, -0.2) is 4.98 Å². The van der Waals surface area contributed by atoms with Crippen LogP contribution in [0, 0.1) is 0 Å². The number of aliphatic carboxylic acids is 1. The van der Waals surface area contributed by atoms with E-state index in [1.54, 1.807) is 18.3 Å². The molecule has 1 heterocycles. The maximum Gasteiger partial charge on any atom is 0.303 e. The maximum atomic E-state index is 11.4. The number of aliphatic hydroxyl groups is 1. The summed E-state index contributed by atoms with van der Waals surface area (Å²) in [5.74, 6) is -1.01. The van der Waals surface area contributed by atoms with Crippen LogP contribution < -0.4 is 10.6 Å². The minimum Gasteiger partial charge on any atom is -0.481 e. The second-order valence-corrected chi connectivity index (χ2v) is 3.88. The van der Waals surface area contributed by atoms with Crippen molar-refractivity contribution in [3.8, 4) is 0 Å². The molecule has 7 heteroatoms. The summed E-state index contributed by atoms with van der Waals surface area (Å²) in [5.41, 5.74) is 0.789. The van der Waals surface area contributed by atoms with E-state index in [0.29, 0.717) is 18.8 Å². The van der Waals surface area contributed by atoms with E-state index >= 15 is 0 Å². The number of hydrogen-bond donors (Lipinski definition) is 4. The Morgan fingerprint density at radius 3 is 2.63 bits per heavy atom. The molecule has 0 radical (unpaired) electrons. The number of carboxylic acid groups (broad SMARTS) is 1. The van der Waals surface area contributed by atoms with Gasteiger partial charge in [0.05, 0.1) is 18.3 Å². The van der Waals surface area contributed by atoms with Crippen LogP contribution >= 0.6 is 0 Å². The van der Waals surface area contributed by atoms with E-state index in [1.165, 1.54) is 0 Å². The Hall–Kier alpha value is -2.15. The summed E-state index contributed by atoms with van der Waals surface area (Å²) in [6.45, 7) is 0.765. The fourth-order valence-corrected chi connectivity index (χ4v) is 1.31. The number of amides is 1. The fraction of sp³-hybridized carbons (Fsp3) is 0.417. The summed E-state index contributed by atoms with van der Waals surface area (Å²) in [7, 11) is 0. The highest BCUT2D eigenvalue weighted by Gasteiger charge is 2.06. The monoisotopic (exact) mass is 267 g/mol. The van der Waals surface area contributed by atoms with E-state index < -0.39 is 5.97 Å². The van der Waals surface area contributed by atoms with Gasteiger partial charge in [0.2, 0.25) is 5.91 Å². The molecule has 7 nitrogen and oxygen atoms in total. The average molecular weight is 267 g/mol. The number of nitrogens with zero attached hydrogens (tertiary/aromatic N) is 1. The van der Waals surface area contributed by atoms with E-state index in [-0.39, 0.29) is 25.4 Å². The molecule has 0 aromatic carbocycles.